The van der Waals surface area contributed by atoms with Crippen LogP contribution >= 0.6 is 0 Å². The van der Waals surface area contributed by atoms with Crippen LogP contribution in [-0.2, 0) is 59.9 Å². The molecule has 4 aromatic carbocycles. The number of pyridine rings is 1. The van der Waals surface area contributed by atoms with Crippen LogP contribution in [0.25, 0.3) is 0 Å². The zero-order valence-electron chi connectivity index (χ0n) is 28.1. The molecule has 5 aromatic rings. The Hall–Kier alpha value is -4.40. The highest BCUT2D eigenvalue weighted by atomic mass is 32.2. The lowest BCUT2D eigenvalue weighted by Crippen LogP contribution is -2.74. The largest absolute Gasteiger partial charge is 0.406 e. The van der Waals surface area contributed by atoms with Gasteiger partial charge in [0.25, 0.3) is 15.6 Å². The molecule has 5 atom stereocenters. The summed E-state index contributed by atoms with van der Waals surface area (Å²) in [5.74, 6) is -3.83. The predicted molar refractivity (Wildman–Crippen MR) is 187 cm³/mol. The van der Waals surface area contributed by atoms with Crippen molar-refractivity contribution in [2.45, 2.75) is 66.9 Å². The Morgan fingerprint density at radius 2 is 1.08 bits per heavy atom. The van der Waals surface area contributed by atoms with Crippen LogP contribution < -0.4 is 0 Å². The summed E-state index contributed by atoms with van der Waals surface area (Å²) in [6.07, 6.45) is -5.23. The van der Waals surface area contributed by atoms with Crippen molar-refractivity contribution in [1.82, 2.24) is 4.98 Å². The lowest BCUT2D eigenvalue weighted by molar-refractivity contribution is -0.408. The van der Waals surface area contributed by atoms with Crippen LogP contribution in [0.2, 0.25) is 0 Å². The first-order valence-corrected chi connectivity index (χ1v) is 18.2. The minimum absolute atomic E-state index is 0.00170. The lowest BCUT2D eigenvalue weighted by atomic mass is 9.91. The fourth-order valence-corrected chi connectivity index (χ4v) is 7.19. The van der Waals surface area contributed by atoms with Crippen LogP contribution in [0.1, 0.15) is 22.3 Å². The Morgan fingerprint density at radius 1 is 0.635 bits per heavy atom. The standard InChI is InChI=1S/C40H39F2NO8S/c41-40(42,52(45,46)35-23-13-14-24-43-35)39(44)38(50-28-33-21-11-4-12-22-33)37(49-27-32-19-9-3-10-20-32)36(48-26-31-17-7-2-8-18-31)34(51-39)29-47-25-30-15-5-1-6-16-30/h1-24,34,36-38,44H,25-29H2/t34-,36-,37+,38-,39?/m1/s1. The summed E-state index contributed by atoms with van der Waals surface area (Å²) >= 11 is 0. The molecule has 1 aliphatic heterocycles. The molecular weight excluding hydrogens is 693 g/mol. The molecule has 52 heavy (non-hydrogen) atoms. The first-order valence-electron chi connectivity index (χ1n) is 16.7. The second kappa shape index (κ2) is 17.0. The number of sulfone groups is 1. The van der Waals surface area contributed by atoms with Crippen molar-refractivity contribution in [2.24, 2.45) is 0 Å². The van der Waals surface area contributed by atoms with Gasteiger partial charge in [0.15, 0.2) is 5.03 Å². The van der Waals surface area contributed by atoms with E-state index in [0.717, 1.165) is 23.4 Å². The molecule has 272 valence electrons. The van der Waals surface area contributed by atoms with Gasteiger partial charge in [0, 0.05) is 6.20 Å². The van der Waals surface area contributed by atoms with E-state index >= 15 is 8.78 Å². The third-order valence-electron chi connectivity index (χ3n) is 8.61. The molecule has 1 saturated heterocycles. The Balaban J connectivity index is 1.44. The zero-order valence-corrected chi connectivity index (χ0v) is 28.9. The summed E-state index contributed by atoms with van der Waals surface area (Å²) in [7, 11) is -5.70. The van der Waals surface area contributed by atoms with Crippen LogP contribution in [0.3, 0.4) is 0 Å². The quantitative estimate of drug-likeness (QED) is 0.121. The smallest absolute Gasteiger partial charge is 0.374 e. The summed E-state index contributed by atoms with van der Waals surface area (Å²) in [6.45, 7) is -0.734. The lowest BCUT2D eigenvalue weighted by Gasteiger charge is -2.51. The van der Waals surface area contributed by atoms with Gasteiger partial charge in [0.2, 0.25) is 0 Å². The number of rotatable bonds is 16. The molecule has 1 aromatic heterocycles. The molecule has 0 amide bonds. The normalized spacial score (nSPS) is 22.2. The van der Waals surface area contributed by atoms with Crippen molar-refractivity contribution in [3.05, 3.63) is 168 Å². The first kappa shape index (κ1) is 37.4. The third kappa shape index (κ3) is 8.45. The van der Waals surface area contributed by atoms with E-state index in [1.807, 2.05) is 66.7 Å². The highest BCUT2D eigenvalue weighted by Gasteiger charge is 2.73. The monoisotopic (exact) mass is 731 g/mol. The molecule has 1 N–H and O–H groups in total. The van der Waals surface area contributed by atoms with E-state index in [4.69, 9.17) is 23.7 Å². The molecule has 9 nitrogen and oxygen atoms in total. The maximum atomic E-state index is 17.0. The van der Waals surface area contributed by atoms with Crippen molar-refractivity contribution in [3.63, 3.8) is 0 Å². The molecule has 6 rings (SSSR count). The van der Waals surface area contributed by atoms with Crippen LogP contribution in [-0.4, -0.2) is 60.6 Å². The number of aliphatic hydroxyl groups is 1. The molecule has 0 bridgehead atoms. The molecule has 1 unspecified atom stereocenters. The fourth-order valence-electron chi connectivity index (χ4n) is 5.92. The maximum absolute atomic E-state index is 17.0. The van der Waals surface area contributed by atoms with E-state index in [1.54, 1.807) is 54.6 Å². The van der Waals surface area contributed by atoms with Gasteiger partial charge in [-0.3, -0.25) is 0 Å². The third-order valence-corrected chi connectivity index (χ3v) is 10.4. The number of hydrogen-bond donors (Lipinski definition) is 1. The van der Waals surface area contributed by atoms with Crippen LogP contribution in [0.4, 0.5) is 8.78 Å². The van der Waals surface area contributed by atoms with E-state index in [2.05, 4.69) is 4.98 Å². The molecule has 1 fully saturated rings. The van der Waals surface area contributed by atoms with E-state index in [-0.39, 0.29) is 33.0 Å². The SMILES string of the molecule is O=S(=O)(c1ccccn1)C(F)(F)C1(O)O[C@H](COCc2ccccc2)[C@@H](OCc2ccccc2)[C@H](OCc2ccccc2)[C@H]1OCc1ccccc1. The van der Waals surface area contributed by atoms with Gasteiger partial charge in [-0.05, 0) is 34.4 Å². The highest BCUT2D eigenvalue weighted by molar-refractivity contribution is 7.92. The number of ether oxygens (including phenoxy) is 5. The summed E-state index contributed by atoms with van der Waals surface area (Å²) < 4.78 is 92.3. The number of alkyl halides is 2. The molecule has 0 aliphatic carbocycles. The molecule has 12 heteroatoms. The molecule has 0 radical (unpaired) electrons. The summed E-state index contributed by atoms with van der Waals surface area (Å²) in [5.41, 5.74) is 2.81. The molecular formula is C40H39F2NO8S. The van der Waals surface area contributed by atoms with E-state index in [1.165, 1.54) is 12.1 Å². The Kier molecular flexibility index (Phi) is 12.2. The van der Waals surface area contributed by atoms with E-state index in [0.29, 0.717) is 11.1 Å². The zero-order chi connectivity index (χ0) is 36.4. The summed E-state index contributed by atoms with van der Waals surface area (Å²) in [5, 5.41) is 6.32. The first-order chi connectivity index (χ1) is 25.2. The minimum Gasteiger partial charge on any atom is -0.374 e. The van der Waals surface area contributed by atoms with Crippen LogP contribution in [0, 0.1) is 0 Å². The number of hydrogen-bond acceptors (Lipinski definition) is 9. The van der Waals surface area contributed by atoms with Gasteiger partial charge in [-0.25, -0.2) is 13.4 Å². The topological polar surface area (TPSA) is 113 Å². The number of halogens is 2. The van der Waals surface area contributed by atoms with Gasteiger partial charge in [0.1, 0.15) is 24.4 Å². The number of nitrogens with zero attached hydrogens (tertiary/aromatic N) is 1. The second-order valence-corrected chi connectivity index (χ2v) is 14.2. The minimum atomic E-state index is -5.70. The fraction of sp³-hybridized carbons (Fsp3) is 0.275. The van der Waals surface area contributed by atoms with Crippen molar-refractivity contribution >= 4 is 9.84 Å². The number of aromatic nitrogens is 1. The maximum Gasteiger partial charge on any atom is 0.406 e. The van der Waals surface area contributed by atoms with Crippen molar-refractivity contribution < 1.29 is 46.0 Å². The van der Waals surface area contributed by atoms with Gasteiger partial charge in [0.05, 0.1) is 33.0 Å². The second-order valence-electron chi connectivity index (χ2n) is 12.3. The van der Waals surface area contributed by atoms with E-state index in [9.17, 15) is 13.5 Å². The van der Waals surface area contributed by atoms with Crippen LogP contribution in [0.5, 0.6) is 0 Å². The molecule has 0 saturated carbocycles. The van der Waals surface area contributed by atoms with Gasteiger partial charge in [-0.15, -0.1) is 0 Å². The van der Waals surface area contributed by atoms with Gasteiger partial charge in [-0.2, -0.15) is 8.78 Å². The van der Waals surface area contributed by atoms with Crippen LogP contribution in [0.15, 0.2) is 151 Å². The predicted octanol–water partition coefficient (Wildman–Crippen LogP) is 6.51. The van der Waals surface area contributed by atoms with Crippen molar-refractivity contribution in [3.8, 4) is 0 Å². The van der Waals surface area contributed by atoms with Gasteiger partial charge >= 0.3 is 5.25 Å². The summed E-state index contributed by atoms with van der Waals surface area (Å²) in [6, 6.07) is 39.5. The highest BCUT2D eigenvalue weighted by Crippen LogP contribution is 2.48. The van der Waals surface area contributed by atoms with Gasteiger partial charge in [-0.1, -0.05) is 127 Å². The Labute approximate surface area is 301 Å². The molecule has 0 spiro atoms. The average Bonchev–Trinajstić information content (AvgIpc) is 3.18. The van der Waals surface area contributed by atoms with E-state index < -0.39 is 50.3 Å². The molecule has 2 heterocycles. The Bertz CT molecular complexity index is 1930. The number of benzene rings is 4. The Morgan fingerprint density at radius 3 is 1.56 bits per heavy atom. The van der Waals surface area contributed by atoms with Crippen molar-refractivity contribution in [1.29, 1.82) is 0 Å². The van der Waals surface area contributed by atoms with Gasteiger partial charge < -0.3 is 28.8 Å². The molecule has 1 aliphatic rings. The summed E-state index contributed by atoms with van der Waals surface area (Å²) in [4.78, 5) is 3.68. The van der Waals surface area contributed by atoms with Crippen molar-refractivity contribution in [2.75, 3.05) is 6.61 Å². The average molecular weight is 732 g/mol.